The van der Waals surface area contributed by atoms with E-state index in [1.807, 2.05) is 32.0 Å². The summed E-state index contributed by atoms with van der Waals surface area (Å²) in [6, 6.07) is 3.81. The largest absolute Gasteiger partial charge is 0.408 e. The van der Waals surface area contributed by atoms with E-state index in [4.69, 9.17) is 5.73 Å². The monoisotopic (exact) mass is 328 g/mol. The van der Waals surface area contributed by atoms with E-state index in [1.165, 1.54) is 0 Å². The smallest absolute Gasteiger partial charge is 0.329 e. The Morgan fingerprint density at radius 2 is 2.00 bits per heavy atom. The first kappa shape index (κ1) is 17.8. The van der Waals surface area contributed by atoms with E-state index >= 15 is 0 Å². The SMILES string of the molecule is Cc1ccc(CCC(=O)N2CC(N)CCC2C(F)(F)F)c(C)c1. The van der Waals surface area contributed by atoms with E-state index in [-0.39, 0.29) is 25.4 Å². The second kappa shape index (κ2) is 6.91. The van der Waals surface area contributed by atoms with Crippen molar-refractivity contribution >= 4 is 5.91 Å². The zero-order valence-electron chi connectivity index (χ0n) is 13.5. The Hall–Kier alpha value is -1.56. The number of halogens is 3. The number of piperidine rings is 1. The first-order chi connectivity index (χ1) is 10.7. The van der Waals surface area contributed by atoms with Crippen molar-refractivity contribution in [3.8, 4) is 0 Å². The molecule has 128 valence electrons. The number of hydrogen-bond acceptors (Lipinski definition) is 2. The molecule has 0 radical (unpaired) electrons. The van der Waals surface area contributed by atoms with Gasteiger partial charge in [0, 0.05) is 19.0 Å². The summed E-state index contributed by atoms with van der Waals surface area (Å²) in [4.78, 5) is 13.3. The van der Waals surface area contributed by atoms with Crippen molar-refractivity contribution in [2.24, 2.45) is 5.73 Å². The summed E-state index contributed by atoms with van der Waals surface area (Å²) in [5.74, 6) is -0.470. The molecule has 1 aromatic rings. The van der Waals surface area contributed by atoms with E-state index in [0.717, 1.165) is 21.6 Å². The van der Waals surface area contributed by atoms with Crippen molar-refractivity contribution < 1.29 is 18.0 Å². The third kappa shape index (κ3) is 4.47. The Balaban J connectivity index is 2.05. The fraction of sp³-hybridized carbons (Fsp3) is 0.588. The highest BCUT2D eigenvalue weighted by Crippen LogP contribution is 2.32. The predicted molar refractivity (Wildman–Crippen MR) is 83.0 cm³/mol. The highest BCUT2D eigenvalue weighted by Gasteiger charge is 2.47. The van der Waals surface area contributed by atoms with Crippen molar-refractivity contribution in [2.75, 3.05) is 6.54 Å². The normalized spacial score (nSPS) is 22.3. The van der Waals surface area contributed by atoms with Crippen LogP contribution in [0.4, 0.5) is 13.2 Å². The molecule has 1 aliphatic heterocycles. The Morgan fingerprint density at radius 1 is 1.30 bits per heavy atom. The van der Waals surface area contributed by atoms with Gasteiger partial charge in [0.25, 0.3) is 0 Å². The molecule has 0 aromatic heterocycles. The lowest BCUT2D eigenvalue weighted by Gasteiger charge is -2.39. The van der Waals surface area contributed by atoms with Crippen LogP contribution in [-0.4, -0.2) is 35.6 Å². The quantitative estimate of drug-likeness (QED) is 0.927. The molecule has 6 heteroatoms. The maximum Gasteiger partial charge on any atom is 0.408 e. The van der Waals surface area contributed by atoms with Gasteiger partial charge in [-0.3, -0.25) is 4.79 Å². The molecular weight excluding hydrogens is 305 g/mol. The third-order valence-electron chi connectivity index (χ3n) is 4.42. The van der Waals surface area contributed by atoms with Gasteiger partial charge in [-0.2, -0.15) is 13.2 Å². The number of hydrogen-bond donors (Lipinski definition) is 1. The lowest BCUT2D eigenvalue weighted by atomic mass is 9.96. The Labute approximate surface area is 134 Å². The van der Waals surface area contributed by atoms with Crippen molar-refractivity contribution in [1.29, 1.82) is 0 Å². The Bertz CT molecular complexity index is 571. The average Bonchev–Trinajstić information content (AvgIpc) is 2.44. The molecule has 2 unspecified atom stereocenters. The van der Waals surface area contributed by atoms with E-state index in [2.05, 4.69) is 0 Å². The number of carbonyl (C=O) groups is 1. The highest BCUT2D eigenvalue weighted by atomic mass is 19.4. The minimum Gasteiger partial charge on any atom is -0.329 e. The summed E-state index contributed by atoms with van der Waals surface area (Å²) < 4.78 is 39.3. The van der Waals surface area contributed by atoms with Crippen LogP contribution < -0.4 is 5.73 Å². The third-order valence-corrected chi connectivity index (χ3v) is 4.42. The van der Waals surface area contributed by atoms with Gasteiger partial charge >= 0.3 is 6.18 Å². The van der Waals surface area contributed by atoms with Crippen LogP contribution in [-0.2, 0) is 11.2 Å². The van der Waals surface area contributed by atoms with E-state index in [1.54, 1.807) is 0 Å². The second-order valence-corrected chi connectivity index (χ2v) is 6.37. The molecular formula is C17H23F3N2O. The van der Waals surface area contributed by atoms with Gasteiger partial charge in [-0.05, 0) is 44.2 Å². The van der Waals surface area contributed by atoms with Crippen LogP contribution in [0, 0.1) is 13.8 Å². The van der Waals surface area contributed by atoms with Gasteiger partial charge in [0.2, 0.25) is 5.91 Å². The number of rotatable bonds is 3. The number of benzene rings is 1. The summed E-state index contributed by atoms with van der Waals surface area (Å²) >= 11 is 0. The molecule has 3 nitrogen and oxygen atoms in total. The molecule has 1 heterocycles. The molecule has 1 aliphatic rings. The fourth-order valence-corrected chi connectivity index (χ4v) is 3.13. The first-order valence-corrected chi connectivity index (χ1v) is 7.86. The summed E-state index contributed by atoms with van der Waals surface area (Å²) in [6.07, 6.45) is -3.69. The molecule has 2 rings (SSSR count). The number of aryl methyl sites for hydroxylation is 3. The van der Waals surface area contributed by atoms with Gasteiger partial charge in [0.05, 0.1) is 0 Å². The van der Waals surface area contributed by atoms with Gasteiger partial charge in [0.1, 0.15) is 6.04 Å². The maximum atomic E-state index is 13.1. The summed E-state index contributed by atoms with van der Waals surface area (Å²) in [5.41, 5.74) is 8.93. The Kier molecular flexibility index (Phi) is 5.34. The number of carbonyl (C=O) groups excluding carboxylic acids is 1. The standard InChI is InChI=1S/C17H23F3N2O/c1-11-3-4-13(12(2)9-11)5-8-16(23)22-10-14(21)6-7-15(22)17(18,19)20/h3-4,9,14-15H,5-8,10,21H2,1-2H3. The number of nitrogens with two attached hydrogens (primary N) is 1. The number of nitrogens with zero attached hydrogens (tertiary/aromatic N) is 1. The maximum absolute atomic E-state index is 13.1. The van der Waals surface area contributed by atoms with E-state index in [9.17, 15) is 18.0 Å². The van der Waals surface area contributed by atoms with Gasteiger partial charge in [-0.1, -0.05) is 23.8 Å². The fourth-order valence-electron chi connectivity index (χ4n) is 3.13. The molecule has 23 heavy (non-hydrogen) atoms. The van der Waals surface area contributed by atoms with Gasteiger partial charge in [-0.25, -0.2) is 0 Å². The molecule has 0 bridgehead atoms. The minimum atomic E-state index is -4.39. The number of amides is 1. The van der Waals surface area contributed by atoms with Crippen molar-refractivity contribution in [3.63, 3.8) is 0 Å². The van der Waals surface area contributed by atoms with Crippen LogP contribution >= 0.6 is 0 Å². The molecule has 2 atom stereocenters. The zero-order valence-corrected chi connectivity index (χ0v) is 13.5. The first-order valence-electron chi connectivity index (χ1n) is 7.86. The molecule has 1 saturated heterocycles. The molecule has 0 aliphatic carbocycles. The second-order valence-electron chi connectivity index (χ2n) is 6.37. The molecule has 1 fully saturated rings. The van der Waals surface area contributed by atoms with Gasteiger partial charge in [0.15, 0.2) is 0 Å². The molecule has 0 saturated carbocycles. The van der Waals surface area contributed by atoms with Gasteiger partial charge < -0.3 is 10.6 Å². The zero-order chi connectivity index (χ0) is 17.2. The van der Waals surface area contributed by atoms with Crippen LogP contribution in [0.15, 0.2) is 18.2 Å². The van der Waals surface area contributed by atoms with Crippen LogP contribution in [0.5, 0.6) is 0 Å². The van der Waals surface area contributed by atoms with E-state index in [0.29, 0.717) is 12.8 Å². The van der Waals surface area contributed by atoms with Crippen LogP contribution in [0.1, 0.15) is 36.0 Å². The average molecular weight is 328 g/mol. The topological polar surface area (TPSA) is 46.3 Å². The lowest BCUT2D eigenvalue weighted by Crippen LogP contribution is -2.56. The number of likely N-dealkylation sites (tertiary alicyclic amines) is 1. The summed E-state index contributed by atoms with van der Waals surface area (Å²) in [7, 11) is 0. The predicted octanol–water partition coefficient (Wildman–Crippen LogP) is 3.12. The molecule has 1 aromatic carbocycles. The van der Waals surface area contributed by atoms with Crippen molar-refractivity contribution in [2.45, 2.75) is 57.8 Å². The van der Waals surface area contributed by atoms with Crippen LogP contribution in [0.25, 0.3) is 0 Å². The number of alkyl halides is 3. The molecule has 2 N–H and O–H groups in total. The lowest BCUT2D eigenvalue weighted by molar-refractivity contribution is -0.196. The van der Waals surface area contributed by atoms with Crippen molar-refractivity contribution in [1.82, 2.24) is 4.90 Å². The summed E-state index contributed by atoms with van der Waals surface area (Å²) in [5, 5.41) is 0. The highest BCUT2D eigenvalue weighted by molar-refractivity contribution is 5.77. The van der Waals surface area contributed by atoms with Crippen LogP contribution in [0.3, 0.4) is 0 Å². The van der Waals surface area contributed by atoms with Crippen molar-refractivity contribution in [3.05, 3.63) is 34.9 Å². The van der Waals surface area contributed by atoms with Gasteiger partial charge in [-0.15, -0.1) is 0 Å². The molecule has 1 amide bonds. The summed E-state index contributed by atoms with van der Waals surface area (Å²) in [6.45, 7) is 3.91. The molecule has 0 spiro atoms. The Morgan fingerprint density at radius 3 is 2.61 bits per heavy atom. The van der Waals surface area contributed by atoms with E-state index < -0.39 is 18.1 Å². The minimum absolute atomic E-state index is 0.0180. The van der Waals surface area contributed by atoms with Crippen LogP contribution in [0.2, 0.25) is 0 Å².